The minimum atomic E-state index is 0.350. The Morgan fingerprint density at radius 2 is 2.08 bits per heavy atom. The largest absolute Gasteiger partial charge is 0.305 e. The van der Waals surface area contributed by atoms with Crippen molar-refractivity contribution in [2.75, 3.05) is 0 Å². The smallest absolute Gasteiger partial charge is 0.176 e. The summed E-state index contributed by atoms with van der Waals surface area (Å²) in [5.41, 5.74) is 0.818. The molecule has 5 nitrogen and oxygen atoms in total. The van der Waals surface area contributed by atoms with E-state index in [-0.39, 0.29) is 0 Å². The van der Waals surface area contributed by atoms with E-state index < -0.39 is 0 Å². The summed E-state index contributed by atoms with van der Waals surface area (Å²) in [6.45, 7) is 2.22. The number of aromatic nitrogens is 3. The van der Waals surface area contributed by atoms with E-state index >= 15 is 0 Å². The molecule has 2 heterocycles. The van der Waals surface area contributed by atoms with E-state index in [4.69, 9.17) is 10.5 Å². The molecule has 13 heavy (non-hydrogen) atoms. The van der Waals surface area contributed by atoms with Gasteiger partial charge in [0.05, 0.1) is 18.2 Å². The fourth-order valence-corrected chi connectivity index (χ4v) is 1.34. The van der Waals surface area contributed by atoms with Crippen LogP contribution in [0, 0.1) is 29.6 Å². The minimum Gasteiger partial charge on any atom is -0.305 e. The Balaban J connectivity index is 2.64. The van der Waals surface area contributed by atoms with E-state index in [9.17, 15) is 0 Å². The van der Waals surface area contributed by atoms with Crippen LogP contribution in [0.3, 0.4) is 0 Å². The molecular formula is C8H5N5. The number of nitrogens with zero attached hydrogens (tertiary/aromatic N) is 5. The molecule has 0 saturated heterocycles. The van der Waals surface area contributed by atoms with Crippen molar-refractivity contribution in [1.82, 2.24) is 14.8 Å². The molecule has 0 spiro atoms. The molecule has 0 saturated carbocycles. The molecule has 0 aliphatic carbocycles. The Morgan fingerprint density at radius 1 is 1.31 bits per heavy atom. The van der Waals surface area contributed by atoms with Crippen LogP contribution in [0.5, 0.6) is 0 Å². The molecule has 0 unspecified atom stereocenters. The standard InChI is InChI=1S/C8H5N5/c1-5-11-12-8-7(3-10)6(2-9)4-13(5)8/h4H2,1H3. The Kier molecular flexibility index (Phi) is 1.40. The van der Waals surface area contributed by atoms with Crippen molar-refractivity contribution in [1.29, 1.82) is 10.5 Å². The van der Waals surface area contributed by atoms with Crippen LogP contribution in [-0.2, 0) is 6.54 Å². The van der Waals surface area contributed by atoms with Crippen molar-refractivity contribution in [3.8, 4) is 12.1 Å². The molecule has 0 aromatic carbocycles. The summed E-state index contributed by atoms with van der Waals surface area (Å²) in [4.78, 5) is 0. The highest BCUT2D eigenvalue weighted by Crippen LogP contribution is 2.25. The first-order valence-corrected chi connectivity index (χ1v) is 3.71. The van der Waals surface area contributed by atoms with Gasteiger partial charge in [-0.15, -0.1) is 10.2 Å². The topological polar surface area (TPSA) is 78.3 Å². The molecule has 2 rings (SSSR count). The van der Waals surface area contributed by atoms with Crippen molar-refractivity contribution in [3.05, 3.63) is 17.2 Å². The van der Waals surface area contributed by atoms with Crippen LogP contribution in [0.2, 0.25) is 0 Å². The second-order valence-electron chi connectivity index (χ2n) is 2.73. The lowest BCUT2D eigenvalue weighted by molar-refractivity contribution is 0.780. The third-order valence-corrected chi connectivity index (χ3v) is 2.02. The fraction of sp³-hybridized carbons (Fsp3) is 0.250. The Hall–Kier alpha value is -2.14. The number of allylic oxidation sites excluding steroid dienone is 2. The summed E-state index contributed by atoms with van der Waals surface area (Å²) >= 11 is 0. The Bertz CT molecular complexity index is 480. The molecule has 0 N–H and O–H groups in total. The Labute approximate surface area is 74.5 Å². The summed E-state index contributed by atoms with van der Waals surface area (Å²) in [6, 6.07) is 3.96. The van der Waals surface area contributed by atoms with E-state index in [1.54, 1.807) is 11.5 Å². The maximum Gasteiger partial charge on any atom is 0.176 e. The molecule has 1 aromatic heterocycles. The van der Waals surface area contributed by atoms with Crippen LogP contribution in [-0.4, -0.2) is 14.8 Å². The third kappa shape index (κ3) is 0.844. The lowest BCUT2D eigenvalue weighted by Gasteiger charge is -1.94. The highest BCUT2D eigenvalue weighted by molar-refractivity contribution is 5.80. The minimum absolute atomic E-state index is 0.350. The van der Waals surface area contributed by atoms with Gasteiger partial charge in [-0.05, 0) is 6.92 Å². The summed E-state index contributed by atoms with van der Waals surface area (Å²) in [7, 11) is 0. The van der Waals surface area contributed by atoms with Gasteiger partial charge in [-0.2, -0.15) is 10.5 Å². The molecular weight excluding hydrogens is 166 g/mol. The van der Waals surface area contributed by atoms with Crippen molar-refractivity contribution in [2.45, 2.75) is 13.5 Å². The lowest BCUT2D eigenvalue weighted by atomic mass is 10.2. The van der Waals surface area contributed by atoms with E-state index in [1.165, 1.54) is 0 Å². The van der Waals surface area contributed by atoms with E-state index in [0.717, 1.165) is 5.82 Å². The van der Waals surface area contributed by atoms with Crippen LogP contribution in [0.25, 0.3) is 5.57 Å². The van der Waals surface area contributed by atoms with Gasteiger partial charge in [-0.25, -0.2) is 0 Å². The number of aryl methyl sites for hydroxylation is 1. The second kappa shape index (κ2) is 2.43. The van der Waals surface area contributed by atoms with Crippen molar-refractivity contribution >= 4 is 5.57 Å². The predicted octanol–water partition coefficient (Wildman–Crippen LogP) is 0.401. The number of fused-ring (bicyclic) bond motifs is 1. The quantitative estimate of drug-likeness (QED) is 0.566. The van der Waals surface area contributed by atoms with Gasteiger partial charge in [-0.1, -0.05) is 0 Å². The zero-order chi connectivity index (χ0) is 9.42. The van der Waals surface area contributed by atoms with Gasteiger partial charge in [0, 0.05) is 0 Å². The van der Waals surface area contributed by atoms with Crippen LogP contribution < -0.4 is 0 Å². The molecule has 1 aliphatic rings. The van der Waals surface area contributed by atoms with Gasteiger partial charge in [-0.3, -0.25) is 0 Å². The summed E-state index contributed by atoms with van der Waals surface area (Å²) < 4.78 is 1.76. The van der Waals surface area contributed by atoms with Gasteiger partial charge in [0.1, 0.15) is 17.5 Å². The monoisotopic (exact) mass is 171 g/mol. The number of hydrogen-bond acceptors (Lipinski definition) is 4. The zero-order valence-corrected chi connectivity index (χ0v) is 6.94. The zero-order valence-electron chi connectivity index (χ0n) is 6.94. The van der Waals surface area contributed by atoms with Crippen molar-refractivity contribution in [2.24, 2.45) is 0 Å². The summed E-state index contributed by atoms with van der Waals surface area (Å²) in [5, 5.41) is 25.2. The van der Waals surface area contributed by atoms with Gasteiger partial charge < -0.3 is 4.57 Å². The van der Waals surface area contributed by atoms with Crippen LogP contribution in [0.4, 0.5) is 0 Å². The third-order valence-electron chi connectivity index (χ3n) is 2.02. The summed E-state index contributed by atoms with van der Waals surface area (Å²) in [6.07, 6.45) is 0. The average molecular weight is 171 g/mol. The van der Waals surface area contributed by atoms with Crippen LogP contribution >= 0.6 is 0 Å². The molecule has 0 amide bonds. The Morgan fingerprint density at radius 3 is 2.69 bits per heavy atom. The molecule has 0 bridgehead atoms. The maximum absolute atomic E-state index is 8.78. The SMILES string of the molecule is Cc1nnc2n1CC(C#N)=C2C#N. The maximum atomic E-state index is 8.78. The van der Waals surface area contributed by atoms with E-state index in [2.05, 4.69) is 10.2 Å². The van der Waals surface area contributed by atoms with Gasteiger partial charge in [0.25, 0.3) is 0 Å². The first-order chi connectivity index (χ1) is 6.27. The van der Waals surface area contributed by atoms with Crippen LogP contribution in [0.15, 0.2) is 5.57 Å². The van der Waals surface area contributed by atoms with Crippen molar-refractivity contribution in [3.63, 3.8) is 0 Å². The van der Waals surface area contributed by atoms with Gasteiger partial charge in [0.15, 0.2) is 5.82 Å². The first-order valence-electron chi connectivity index (χ1n) is 3.71. The predicted molar refractivity (Wildman–Crippen MR) is 42.9 cm³/mol. The number of nitriles is 2. The summed E-state index contributed by atoms with van der Waals surface area (Å²) in [5.74, 6) is 1.24. The molecule has 0 atom stereocenters. The highest BCUT2D eigenvalue weighted by atomic mass is 15.3. The number of hydrogen-bond donors (Lipinski definition) is 0. The van der Waals surface area contributed by atoms with E-state index in [0.29, 0.717) is 23.5 Å². The molecule has 5 heteroatoms. The van der Waals surface area contributed by atoms with Gasteiger partial charge >= 0.3 is 0 Å². The lowest BCUT2D eigenvalue weighted by Crippen LogP contribution is -1.97. The normalized spacial score (nSPS) is 13.8. The number of rotatable bonds is 0. The molecule has 1 aliphatic heterocycles. The molecule has 0 radical (unpaired) electrons. The van der Waals surface area contributed by atoms with E-state index in [1.807, 2.05) is 12.1 Å². The molecule has 1 aromatic rings. The van der Waals surface area contributed by atoms with Gasteiger partial charge in [0.2, 0.25) is 0 Å². The first kappa shape index (κ1) is 7.51. The van der Waals surface area contributed by atoms with Crippen molar-refractivity contribution < 1.29 is 0 Å². The highest BCUT2D eigenvalue weighted by Gasteiger charge is 2.24. The molecule has 62 valence electrons. The average Bonchev–Trinajstić information content (AvgIpc) is 2.65. The second-order valence-corrected chi connectivity index (χ2v) is 2.73. The fourth-order valence-electron chi connectivity index (χ4n) is 1.34. The van der Waals surface area contributed by atoms with Crippen LogP contribution in [0.1, 0.15) is 11.6 Å². The molecule has 0 fully saturated rings.